The summed E-state index contributed by atoms with van der Waals surface area (Å²) in [6, 6.07) is 2.14. The first-order valence-corrected chi connectivity index (χ1v) is 7.48. The number of carbonyl (C=O) groups excluding carboxylic acids is 1. The van der Waals surface area contributed by atoms with Crippen molar-refractivity contribution in [2.75, 3.05) is 19.8 Å². The maximum atomic E-state index is 13.5. The number of ether oxygens (including phenoxy) is 1. The van der Waals surface area contributed by atoms with Crippen molar-refractivity contribution in [3.63, 3.8) is 0 Å². The zero-order valence-electron chi connectivity index (χ0n) is 11.6. The first-order chi connectivity index (χ1) is 9.99. The highest BCUT2D eigenvalue weighted by Crippen LogP contribution is 2.32. The highest BCUT2D eigenvalue weighted by atomic mass is 35.5. The van der Waals surface area contributed by atoms with E-state index in [0.717, 1.165) is 6.54 Å². The maximum absolute atomic E-state index is 13.5. The molecule has 1 heterocycles. The molecule has 1 aromatic rings. The number of nitrogens with one attached hydrogen (secondary N) is 2. The maximum Gasteiger partial charge on any atom is 0.222 e. The van der Waals surface area contributed by atoms with Crippen LogP contribution in [-0.2, 0) is 9.53 Å². The summed E-state index contributed by atoms with van der Waals surface area (Å²) in [5.74, 6) is -0.721. The quantitative estimate of drug-likeness (QED) is 0.832. The SMILES string of the molecule is CC(NC(=O)CC1COCCN1)c1c(Cl)ccc(F)c1Cl. The first kappa shape index (κ1) is 16.5. The second kappa shape index (κ2) is 7.40. The van der Waals surface area contributed by atoms with Crippen LogP contribution in [0.2, 0.25) is 10.0 Å². The van der Waals surface area contributed by atoms with Gasteiger partial charge in [0.05, 0.1) is 24.3 Å². The molecule has 1 saturated heterocycles. The molecule has 2 atom stereocenters. The number of carbonyl (C=O) groups is 1. The van der Waals surface area contributed by atoms with Crippen molar-refractivity contribution in [1.29, 1.82) is 0 Å². The highest BCUT2D eigenvalue weighted by Gasteiger charge is 2.21. The Morgan fingerprint density at radius 3 is 3.00 bits per heavy atom. The van der Waals surface area contributed by atoms with Gasteiger partial charge in [-0.15, -0.1) is 0 Å². The van der Waals surface area contributed by atoms with E-state index in [-0.39, 0.29) is 23.4 Å². The normalized spacial score (nSPS) is 20.1. The molecule has 1 fully saturated rings. The molecule has 21 heavy (non-hydrogen) atoms. The van der Waals surface area contributed by atoms with Crippen molar-refractivity contribution >= 4 is 29.1 Å². The molecule has 0 aliphatic carbocycles. The minimum Gasteiger partial charge on any atom is -0.378 e. The van der Waals surface area contributed by atoms with Gasteiger partial charge in [0.2, 0.25) is 5.91 Å². The fourth-order valence-electron chi connectivity index (χ4n) is 2.29. The molecule has 4 nitrogen and oxygen atoms in total. The second-order valence-electron chi connectivity index (χ2n) is 4.98. The summed E-state index contributed by atoms with van der Waals surface area (Å²) in [4.78, 5) is 12.0. The monoisotopic (exact) mass is 334 g/mol. The molecule has 116 valence electrons. The number of morpholine rings is 1. The Morgan fingerprint density at radius 1 is 1.57 bits per heavy atom. The molecule has 1 aromatic carbocycles. The van der Waals surface area contributed by atoms with Gasteiger partial charge in [-0.3, -0.25) is 4.79 Å². The van der Waals surface area contributed by atoms with Crippen LogP contribution < -0.4 is 10.6 Å². The molecule has 2 rings (SSSR count). The Labute approximate surface area is 132 Å². The topological polar surface area (TPSA) is 50.4 Å². The van der Waals surface area contributed by atoms with Crippen molar-refractivity contribution in [2.45, 2.75) is 25.4 Å². The average molecular weight is 335 g/mol. The van der Waals surface area contributed by atoms with Crippen LogP contribution in [0.5, 0.6) is 0 Å². The van der Waals surface area contributed by atoms with Gasteiger partial charge in [-0.25, -0.2) is 4.39 Å². The summed E-state index contributed by atoms with van der Waals surface area (Å²) in [5.41, 5.74) is 0.388. The molecule has 0 bridgehead atoms. The van der Waals surface area contributed by atoms with Crippen molar-refractivity contribution < 1.29 is 13.9 Å². The first-order valence-electron chi connectivity index (χ1n) is 6.73. The Hall–Kier alpha value is -0.880. The van der Waals surface area contributed by atoms with Crippen molar-refractivity contribution in [3.8, 4) is 0 Å². The van der Waals surface area contributed by atoms with Gasteiger partial charge in [-0.05, 0) is 19.1 Å². The fraction of sp³-hybridized carbons (Fsp3) is 0.500. The smallest absolute Gasteiger partial charge is 0.222 e. The Morgan fingerprint density at radius 2 is 2.33 bits per heavy atom. The summed E-state index contributed by atoms with van der Waals surface area (Å²) in [6.45, 7) is 3.61. The molecular weight excluding hydrogens is 318 g/mol. The van der Waals surface area contributed by atoms with Gasteiger partial charge in [0.1, 0.15) is 5.82 Å². The lowest BCUT2D eigenvalue weighted by Gasteiger charge is -2.24. The van der Waals surface area contributed by atoms with E-state index >= 15 is 0 Å². The van der Waals surface area contributed by atoms with E-state index in [1.165, 1.54) is 12.1 Å². The van der Waals surface area contributed by atoms with Crippen LogP contribution in [-0.4, -0.2) is 31.7 Å². The lowest BCUT2D eigenvalue weighted by molar-refractivity contribution is -0.122. The van der Waals surface area contributed by atoms with Crippen LogP contribution >= 0.6 is 23.2 Å². The highest BCUT2D eigenvalue weighted by molar-refractivity contribution is 6.36. The minimum atomic E-state index is -0.556. The fourth-order valence-corrected chi connectivity index (χ4v) is 2.98. The van der Waals surface area contributed by atoms with Gasteiger partial charge >= 0.3 is 0 Å². The molecule has 1 aliphatic heterocycles. The second-order valence-corrected chi connectivity index (χ2v) is 5.76. The van der Waals surface area contributed by atoms with Crippen LogP contribution in [0.25, 0.3) is 0 Å². The van der Waals surface area contributed by atoms with Crippen LogP contribution in [0.1, 0.15) is 24.9 Å². The summed E-state index contributed by atoms with van der Waals surface area (Å²) >= 11 is 12.0. The largest absolute Gasteiger partial charge is 0.378 e. The van der Waals surface area contributed by atoms with Crippen molar-refractivity contribution in [2.24, 2.45) is 0 Å². The summed E-state index contributed by atoms with van der Waals surface area (Å²) < 4.78 is 18.8. The van der Waals surface area contributed by atoms with Crippen LogP contribution in [0, 0.1) is 5.82 Å². The van der Waals surface area contributed by atoms with Crippen molar-refractivity contribution in [3.05, 3.63) is 33.6 Å². The predicted molar refractivity (Wildman–Crippen MR) is 80.2 cm³/mol. The lowest BCUT2D eigenvalue weighted by Crippen LogP contribution is -2.44. The average Bonchev–Trinajstić information content (AvgIpc) is 2.44. The number of rotatable bonds is 4. The summed E-state index contributed by atoms with van der Waals surface area (Å²) in [5, 5.41) is 6.25. The Bertz CT molecular complexity index is 522. The molecule has 0 aromatic heterocycles. The number of hydrogen-bond acceptors (Lipinski definition) is 3. The number of hydrogen-bond donors (Lipinski definition) is 2. The van der Waals surface area contributed by atoms with Gasteiger partial charge in [0.25, 0.3) is 0 Å². The van der Waals surface area contributed by atoms with Gasteiger partial charge in [0.15, 0.2) is 0 Å². The Balaban J connectivity index is 1.99. The number of amides is 1. The van der Waals surface area contributed by atoms with Gasteiger partial charge in [-0.1, -0.05) is 23.2 Å². The third kappa shape index (κ3) is 4.30. The summed E-state index contributed by atoms with van der Waals surface area (Å²) in [7, 11) is 0. The molecular formula is C14H17Cl2FN2O2. The standard InChI is InChI=1S/C14H17Cl2FN2O2/c1-8(13-10(15)2-3-11(17)14(13)16)19-12(20)6-9-7-21-5-4-18-9/h2-3,8-9,18H,4-7H2,1H3,(H,19,20). The molecule has 2 N–H and O–H groups in total. The van der Waals surface area contributed by atoms with Crippen LogP contribution in [0.3, 0.4) is 0 Å². The number of benzene rings is 1. The van der Waals surface area contributed by atoms with E-state index < -0.39 is 11.9 Å². The molecule has 0 spiro atoms. The molecule has 1 amide bonds. The van der Waals surface area contributed by atoms with Gasteiger partial charge < -0.3 is 15.4 Å². The van der Waals surface area contributed by atoms with Gasteiger partial charge in [-0.2, -0.15) is 0 Å². The summed E-state index contributed by atoms with van der Waals surface area (Å²) in [6.07, 6.45) is 0.287. The van der Waals surface area contributed by atoms with E-state index in [1.54, 1.807) is 6.92 Å². The lowest BCUT2D eigenvalue weighted by atomic mass is 10.1. The molecule has 0 radical (unpaired) electrons. The van der Waals surface area contributed by atoms with E-state index in [4.69, 9.17) is 27.9 Å². The van der Waals surface area contributed by atoms with Crippen LogP contribution in [0.15, 0.2) is 12.1 Å². The molecule has 0 saturated carbocycles. The third-order valence-corrected chi connectivity index (χ3v) is 4.03. The molecule has 1 aliphatic rings. The van der Waals surface area contributed by atoms with E-state index in [0.29, 0.717) is 23.8 Å². The third-order valence-electron chi connectivity index (χ3n) is 3.32. The van der Waals surface area contributed by atoms with E-state index in [2.05, 4.69) is 10.6 Å². The zero-order chi connectivity index (χ0) is 15.4. The Kier molecular flexibility index (Phi) is 5.81. The molecule has 7 heteroatoms. The van der Waals surface area contributed by atoms with E-state index in [1.807, 2.05) is 0 Å². The van der Waals surface area contributed by atoms with E-state index in [9.17, 15) is 9.18 Å². The predicted octanol–water partition coefficient (Wildman–Crippen LogP) is 2.69. The minimum absolute atomic E-state index is 0.00981. The van der Waals surface area contributed by atoms with Crippen LogP contribution in [0.4, 0.5) is 4.39 Å². The number of halogens is 3. The van der Waals surface area contributed by atoms with Crippen molar-refractivity contribution in [1.82, 2.24) is 10.6 Å². The van der Waals surface area contributed by atoms with Gasteiger partial charge in [0, 0.05) is 29.6 Å². The zero-order valence-corrected chi connectivity index (χ0v) is 13.1. The molecule has 2 unspecified atom stereocenters.